The number of thiophene rings is 1. The fourth-order valence-corrected chi connectivity index (χ4v) is 4.01. The van der Waals surface area contributed by atoms with E-state index in [1.807, 2.05) is 11.3 Å². The molecule has 0 unspecified atom stereocenters. The summed E-state index contributed by atoms with van der Waals surface area (Å²) in [7, 11) is 0. The van der Waals surface area contributed by atoms with Gasteiger partial charge < -0.3 is 5.32 Å². The molecule has 0 spiro atoms. The highest BCUT2D eigenvalue weighted by Gasteiger charge is 2.13. The van der Waals surface area contributed by atoms with Crippen molar-refractivity contribution < 1.29 is 0 Å². The Bertz CT molecular complexity index is 566. The molecule has 0 radical (unpaired) electrons. The number of aryl methyl sites for hydroxylation is 3. The second-order valence-corrected chi connectivity index (χ2v) is 6.89. The van der Waals surface area contributed by atoms with Gasteiger partial charge in [0.1, 0.15) is 0 Å². The maximum absolute atomic E-state index is 3.59. The minimum atomic E-state index is 0.711. The lowest BCUT2D eigenvalue weighted by molar-refractivity contribution is 0.554. The fourth-order valence-electron chi connectivity index (χ4n) is 2.61. The van der Waals surface area contributed by atoms with Gasteiger partial charge in [-0.15, -0.1) is 11.3 Å². The first kappa shape index (κ1) is 14.5. The van der Waals surface area contributed by atoms with Gasteiger partial charge >= 0.3 is 0 Å². The predicted molar refractivity (Wildman–Crippen MR) is 87.2 cm³/mol. The zero-order valence-corrected chi connectivity index (χ0v) is 13.6. The van der Waals surface area contributed by atoms with Gasteiger partial charge in [-0.05, 0) is 54.8 Å². The number of hydrogen-bond donors (Lipinski definition) is 1. The van der Waals surface area contributed by atoms with Gasteiger partial charge in [0.25, 0.3) is 0 Å². The molecule has 2 heteroatoms. The maximum Gasteiger partial charge on any atom is 0.0380 e. The van der Waals surface area contributed by atoms with Crippen LogP contribution < -0.4 is 5.32 Å². The molecule has 2 rings (SSSR count). The predicted octanol–water partition coefficient (Wildman–Crippen LogP) is 4.83. The molecule has 1 heterocycles. The van der Waals surface area contributed by atoms with Crippen LogP contribution in [-0.4, -0.2) is 6.54 Å². The van der Waals surface area contributed by atoms with E-state index in [1.54, 1.807) is 5.56 Å². The van der Waals surface area contributed by atoms with Crippen LogP contribution in [0.4, 0.5) is 0 Å². The van der Waals surface area contributed by atoms with E-state index in [1.165, 1.54) is 26.1 Å². The molecule has 0 saturated carbocycles. The minimum absolute atomic E-state index is 0.711. The summed E-state index contributed by atoms with van der Waals surface area (Å²) in [6.07, 6.45) is 1.13. The van der Waals surface area contributed by atoms with Crippen molar-refractivity contribution in [3.05, 3.63) is 33.7 Å². The van der Waals surface area contributed by atoms with Crippen molar-refractivity contribution in [3.8, 4) is 0 Å². The summed E-state index contributed by atoms with van der Waals surface area (Å²) < 4.78 is 1.48. The van der Waals surface area contributed by atoms with E-state index in [0.717, 1.165) is 19.5 Å². The fraction of sp³-hybridized carbons (Fsp3) is 0.529. The monoisotopic (exact) mass is 275 g/mol. The molecule has 0 saturated heterocycles. The van der Waals surface area contributed by atoms with E-state index < -0.39 is 0 Å². The van der Waals surface area contributed by atoms with Gasteiger partial charge in [-0.2, -0.15) is 0 Å². The van der Waals surface area contributed by atoms with Crippen molar-refractivity contribution in [2.24, 2.45) is 5.92 Å². The van der Waals surface area contributed by atoms with Crippen molar-refractivity contribution in [1.82, 2.24) is 5.32 Å². The average molecular weight is 275 g/mol. The molecule has 0 aliphatic rings. The van der Waals surface area contributed by atoms with Gasteiger partial charge in [0.2, 0.25) is 0 Å². The van der Waals surface area contributed by atoms with Gasteiger partial charge in [-0.3, -0.25) is 0 Å². The van der Waals surface area contributed by atoms with Crippen molar-refractivity contribution in [2.75, 3.05) is 6.54 Å². The molecule has 0 aliphatic carbocycles. The van der Waals surface area contributed by atoms with Crippen molar-refractivity contribution in [1.29, 1.82) is 0 Å². The van der Waals surface area contributed by atoms with Crippen molar-refractivity contribution in [2.45, 2.75) is 47.6 Å². The lowest BCUT2D eigenvalue weighted by atomic mass is 10.0. The standard InChI is InChI=1S/C17H25NS/c1-6-14-15(10-18-9-11(2)3)19-17-13(5)8-7-12(4)16(14)17/h7-8,11,18H,6,9-10H2,1-5H3. The first-order valence-corrected chi connectivity index (χ1v) is 8.07. The van der Waals surface area contributed by atoms with Crippen LogP contribution in [0.25, 0.3) is 10.1 Å². The number of benzene rings is 1. The molecule has 0 amide bonds. The average Bonchev–Trinajstić information content (AvgIpc) is 2.73. The van der Waals surface area contributed by atoms with Gasteiger partial charge in [-0.1, -0.05) is 32.9 Å². The first-order valence-electron chi connectivity index (χ1n) is 7.25. The highest BCUT2D eigenvalue weighted by molar-refractivity contribution is 7.19. The Labute approximate surface area is 121 Å². The Morgan fingerprint density at radius 3 is 2.47 bits per heavy atom. The van der Waals surface area contributed by atoms with Crippen molar-refractivity contribution >= 4 is 21.4 Å². The molecule has 104 valence electrons. The van der Waals surface area contributed by atoms with Crippen LogP contribution in [-0.2, 0) is 13.0 Å². The third-order valence-electron chi connectivity index (χ3n) is 3.62. The van der Waals surface area contributed by atoms with E-state index in [4.69, 9.17) is 0 Å². The summed E-state index contributed by atoms with van der Waals surface area (Å²) >= 11 is 1.98. The normalized spacial score (nSPS) is 11.7. The zero-order chi connectivity index (χ0) is 14.0. The highest BCUT2D eigenvalue weighted by atomic mass is 32.1. The smallest absolute Gasteiger partial charge is 0.0380 e. The molecule has 19 heavy (non-hydrogen) atoms. The first-order chi connectivity index (χ1) is 9.04. The largest absolute Gasteiger partial charge is 0.312 e. The van der Waals surface area contributed by atoms with E-state index in [-0.39, 0.29) is 0 Å². The van der Waals surface area contributed by atoms with E-state index in [9.17, 15) is 0 Å². The van der Waals surface area contributed by atoms with Gasteiger partial charge in [-0.25, -0.2) is 0 Å². The Kier molecular flexibility index (Phi) is 4.64. The molecule has 0 bridgehead atoms. The van der Waals surface area contributed by atoms with E-state index >= 15 is 0 Å². The minimum Gasteiger partial charge on any atom is -0.312 e. The zero-order valence-electron chi connectivity index (χ0n) is 12.8. The number of fused-ring (bicyclic) bond motifs is 1. The van der Waals surface area contributed by atoms with Crippen molar-refractivity contribution in [3.63, 3.8) is 0 Å². The lowest BCUT2D eigenvalue weighted by Gasteiger charge is -2.07. The summed E-state index contributed by atoms with van der Waals surface area (Å²) in [5.74, 6) is 0.711. The molecular weight excluding hydrogens is 250 g/mol. The Morgan fingerprint density at radius 1 is 1.16 bits per heavy atom. The third-order valence-corrected chi connectivity index (χ3v) is 4.99. The Morgan fingerprint density at radius 2 is 1.84 bits per heavy atom. The number of nitrogens with one attached hydrogen (secondary N) is 1. The summed E-state index contributed by atoms with van der Waals surface area (Å²) in [6, 6.07) is 4.51. The van der Waals surface area contributed by atoms with Gasteiger partial charge in [0.15, 0.2) is 0 Å². The second-order valence-electron chi connectivity index (χ2n) is 5.79. The molecule has 1 N–H and O–H groups in total. The highest BCUT2D eigenvalue weighted by Crippen LogP contribution is 2.36. The van der Waals surface area contributed by atoms with Crippen LogP contribution >= 0.6 is 11.3 Å². The lowest BCUT2D eigenvalue weighted by Crippen LogP contribution is -2.18. The number of rotatable bonds is 5. The van der Waals surface area contributed by atoms with Crippen LogP contribution in [0, 0.1) is 19.8 Å². The number of hydrogen-bond acceptors (Lipinski definition) is 2. The molecule has 0 aliphatic heterocycles. The van der Waals surface area contributed by atoms with Gasteiger partial charge in [0, 0.05) is 16.1 Å². The molecule has 1 nitrogen and oxygen atoms in total. The SMILES string of the molecule is CCc1c(CNCC(C)C)sc2c(C)ccc(C)c12. The van der Waals surface area contributed by atoms with Crippen LogP contribution in [0.2, 0.25) is 0 Å². The van der Waals surface area contributed by atoms with Crippen LogP contribution in [0.15, 0.2) is 12.1 Å². The second kappa shape index (κ2) is 6.06. The molecule has 0 atom stereocenters. The topological polar surface area (TPSA) is 12.0 Å². The van der Waals surface area contributed by atoms with E-state index in [2.05, 4.69) is 52.1 Å². The van der Waals surface area contributed by atoms with E-state index in [0.29, 0.717) is 5.92 Å². The van der Waals surface area contributed by atoms with Gasteiger partial charge in [0.05, 0.1) is 0 Å². The summed E-state index contributed by atoms with van der Waals surface area (Å²) in [6.45, 7) is 13.4. The molecule has 0 fully saturated rings. The molecular formula is C17H25NS. The third kappa shape index (κ3) is 3.01. The summed E-state index contributed by atoms with van der Waals surface area (Å²) in [5.41, 5.74) is 4.39. The molecule has 2 aromatic rings. The maximum atomic E-state index is 3.59. The van der Waals surface area contributed by atoms with Crippen LogP contribution in [0.5, 0.6) is 0 Å². The Hall–Kier alpha value is -0.860. The summed E-state index contributed by atoms with van der Waals surface area (Å²) in [4.78, 5) is 1.52. The van der Waals surface area contributed by atoms with Crippen LogP contribution in [0.1, 0.15) is 42.3 Å². The summed E-state index contributed by atoms with van der Waals surface area (Å²) in [5, 5.41) is 5.09. The van der Waals surface area contributed by atoms with Crippen LogP contribution in [0.3, 0.4) is 0 Å². The molecule has 1 aromatic carbocycles. The molecule has 1 aromatic heterocycles. The Balaban J connectivity index is 2.39. The quantitative estimate of drug-likeness (QED) is 0.824.